The van der Waals surface area contributed by atoms with Gasteiger partial charge in [0, 0.05) is 29.1 Å². The Morgan fingerprint density at radius 3 is 2.71 bits per heavy atom. The molecule has 0 atom stereocenters. The lowest BCUT2D eigenvalue weighted by molar-refractivity contribution is -0.116. The third-order valence-corrected chi connectivity index (χ3v) is 4.69. The number of hydrogen-bond acceptors (Lipinski definition) is 4. The van der Waals surface area contributed by atoms with Crippen molar-refractivity contribution in [1.29, 1.82) is 0 Å². The van der Waals surface area contributed by atoms with Gasteiger partial charge in [0.1, 0.15) is 5.82 Å². The molecule has 8 heteroatoms. The molecule has 0 aliphatic rings. The maximum absolute atomic E-state index is 14.1. The predicted molar refractivity (Wildman–Crippen MR) is 110 cm³/mol. The fourth-order valence-corrected chi connectivity index (χ4v) is 3.45. The van der Waals surface area contributed by atoms with E-state index in [0.29, 0.717) is 21.5 Å². The van der Waals surface area contributed by atoms with Crippen LogP contribution in [-0.2, 0) is 9.59 Å². The Bertz CT molecular complexity index is 1050. The third kappa shape index (κ3) is 4.82. The van der Waals surface area contributed by atoms with Gasteiger partial charge in [-0.2, -0.15) is 0 Å². The minimum absolute atomic E-state index is 0.124. The molecule has 28 heavy (non-hydrogen) atoms. The Morgan fingerprint density at radius 1 is 1.21 bits per heavy atom. The molecule has 0 aliphatic heterocycles. The largest absolute Gasteiger partial charge is 0.322 e. The first-order chi connectivity index (χ1) is 13.4. The summed E-state index contributed by atoms with van der Waals surface area (Å²) in [7, 11) is 0. The Morgan fingerprint density at radius 2 is 2.00 bits per heavy atom. The van der Waals surface area contributed by atoms with E-state index in [9.17, 15) is 14.0 Å². The lowest BCUT2D eigenvalue weighted by Gasteiger charge is -2.18. The lowest BCUT2D eigenvalue weighted by Crippen LogP contribution is -2.23. The molecule has 0 saturated heterocycles. The van der Waals surface area contributed by atoms with Crippen LogP contribution in [0, 0.1) is 5.82 Å². The van der Waals surface area contributed by atoms with Gasteiger partial charge in [0.15, 0.2) is 5.13 Å². The van der Waals surface area contributed by atoms with Gasteiger partial charge in [-0.05, 0) is 36.4 Å². The average Bonchev–Trinajstić information content (AvgIpc) is 3.10. The van der Waals surface area contributed by atoms with Gasteiger partial charge in [-0.15, -0.1) is 11.3 Å². The highest BCUT2D eigenvalue weighted by molar-refractivity contribution is 7.14. The number of para-hydroxylation sites is 1. The summed E-state index contributed by atoms with van der Waals surface area (Å²) in [6.07, 6.45) is 2.83. The topological polar surface area (TPSA) is 62.3 Å². The van der Waals surface area contributed by atoms with Crippen molar-refractivity contribution in [1.82, 2.24) is 4.98 Å². The molecule has 0 aliphatic carbocycles. The number of amides is 2. The van der Waals surface area contributed by atoms with Crippen LogP contribution in [0.5, 0.6) is 0 Å². The first-order valence-corrected chi connectivity index (χ1v) is 9.45. The molecule has 2 amide bonds. The van der Waals surface area contributed by atoms with E-state index in [1.54, 1.807) is 41.8 Å². The molecule has 2 aromatic carbocycles. The molecule has 0 saturated carbocycles. The fourth-order valence-electron chi connectivity index (χ4n) is 2.41. The molecule has 1 aromatic heterocycles. The summed E-state index contributed by atoms with van der Waals surface area (Å²) in [6, 6.07) is 12.8. The monoisotopic (exact) mass is 415 g/mol. The number of anilines is 3. The van der Waals surface area contributed by atoms with Crippen LogP contribution in [0.25, 0.3) is 6.08 Å². The zero-order chi connectivity index (χ0) is 20.1. The molecule has 142 valence electrons. The van der Waals surface area contributed by atoms with E-state index >= 15 is 0 Å². The van der Waals surface area contributed by atoms with Crippen LogP contribution in [0.2, 0.25) is 5.02 Å². The number of carbonyl (C=O) groups excluding carboxylic acids is 2. The van der Waals surface area contributed by atoms with Crippen molar-refractivity contribution in [3.8, 4) is 0 Å². The van der Waals surface area contributed by atoms with Crippen molar-refractivity contribution >= 4 is 57.3 Å². The molecule has 1 heterocycles. The lowest BCUT2D eigenvalue weighted by atomic mass is 10.3. The molecule has 1 N–H and O–H groups in total. The van der Waals surface area contributed by atoms with Gasteiger partial charge in [0.25, 0.3) is 0 Å². The van der Waals surface area contributed by atoms with Crippen molar-refractivity contribution in [2.75, 3.05) is 10.2 Å². The molecule has 0 spiro atoms. The predicted octanol–water partition coefficient (Wildman–Crippen LogP) is 5.27. The number of thiazole rings is 1. The van der Waals surface area contributed by atoms with Crippen molar-refractivity contribution in [3.63, 3.8) is 0 Å². The first-order valence-electron chi connectivity index (χ1n) is 8.19. The molecular weight excluding hydrogens is 401 g/mol. The van der Waals surface area contributed by atoms with E-state index in [2.05, 4.69) is 10.3 Å². The summed E-state index contributed by atoms with van der Waals surface area (Å²) in [4.78, 5) is 29.6. The van der Waals surface area contributed by atoms with E-state index in [1.165, 1.54) is 47.4 Å². The van der Waals surface area contributed by atoms with Crippen LogP contribution in [-0.4, -0.2) is 16.8 Å². The van der Waals surface area contributed by atoms with Crippen LogP contribution < -0.4 is 10.2 Å². The molecular formula is C20H15ClFN3O2S. The Balaban J connectivity index is 1.75. The van der Waals surface area contributed by atoms with Crippen LogP contribution in [0.1, 0.15) is 12.6 Å². The second-order valence-corrected chi connectivity index (χ2v) is 6.97. The van der Waals surface area contributed by atoms with E-state index in [4.69, 9.17) is 11.6 Å². The van der Waals surface area contributed by atoms with E-state index in [1.807, 2.05) is 0 Å². The molecule has 0 unspecified atom stereocenters. The minimum Gasteiger partial charge on any atom is -0.322 e. The summed E-state index contributed by atoms with van der Waals surface area (Å²) in [5, 5.41) is 5.19. The summed E-state index contributed by atoms with van der Waals surface area (Å²) >= 11 is 7.06. The molecule has 0 bridgehead atoms. The smallest absolute Gasteiger partial charge is 0.248 e. The van der Waals surface area contributed by atoms with Gasteiger partial charge in [0.05, 0.1) is 11.4 Å². The Kier molecular flexibility index (Phi) is 6.18. The van der Waals surface area contributed by atoms with Gasteiger partial charge in [-0.3, -0.25) is 14.5 Å². The normalized spacial score (nSPS) is 10.8. The summed E-state index contributed by atoms with van der Waals surface area (Å²) < 4.78 is 14.1. The van der Waals surface area contributed by atoms with Gasteiger partial charge < -0.3 is 5.32 Å². The highest BCUT2D eigenvalue weighted by atomic mass is 35.5. The second-order valence-electron chi connectivity index (χ2n) is 5.69. The number of nitrogens with zero attached hydrogens (tertiary/aromatic N) is 2. The van der Waals surface area contributed by atoms with Gasteiger partial charge in [-0.1, -0.05) is 29.8 Å². The van der Waals surface area contributed by atoms with Crippen molar-refractivity contribution < 1.29 is 14.0 Å². The number of hydrogen-bond donors (Lipinski definition) is 1. The van der Waals surface area contributed by atoms with E-state index in [-0.39, 0.29) is 17.5 Å². The number of aromatic nitrogens is 1. The third-order valence-electron chi connectivity index (χ3n) is 3.61. The highest BCUT2D eigenvalue weighted by Crippen LogP contribution is 2.31. The van der Waals surface area contributed by atoms with Gasteiger partial charge in [-0.25, -0.2) is 9.37 Å². The molecule has 5 nitrogen and oxygen atoms in total. The van der Waals surface area contributed by atoms with E-state index < -0.39 is 5.82 Å². The minimum atomic E-state index is -0.522. The number of benzene rings is 2. The SMILES string of the molecule is CC(=O)N(c1nc(C=CC(=O)Nc2cccc(Cl)c2)cs1)c1ccccc1F. The highest BCUT2D eigenvalue weighted by Gasteiger charge is 2.20. The number of rotatable bonds is 5. The van der Waals surface area contributed by atoms with Crippen LogP contribution in [0.15, 0.2) is 60.0 Å². The Hall–Kier alpha value is -3.03. The average molecular weight is 416 g/mol. The van der Waals surface area contributed by atoms with Gasteiger partial charge >= 0.3 is 0 Å². The maximum Gasteiger partial charge on any atom is 0.248 e. The second kappa shape index (κ2) is 8.77. The number of carbonyl (C=O) groups is 2. The van der Waals surface area contributed by atoms with Crippen molar-refractivity contribution in [2.45, 2.75) is 6.92 Å². The quantitative estimate of drug-likeness (QED) is 0.577. The molecule has 0 radical (unpaired) electrons. The zero-order valence-electron chi connectivity index (χ0n) is 14.7. The maximum atomic E-state index is 14.1. The summed E-state index contributed by atoms with van der Waals surface area (Å²) in [5.74, 6) is -1.24. The van der Waals surface area contributed by atoms with Gasteiger partial charge in [0.2, 0.25) is 11.8 Å². The Labute approximate surface area is 170 Å². The molecule has 0 fully saturated rings. The zero-order valence-corrected chi connectivity index (χ0v) is 16.3. The van der Waals surface area contributed by atoms with Crippen molar-refractivity contribution in [3.05, 3.63) is 76.5 Å². The first kappa shape index (κ1) is 19.7. The fraction of sp³-hybridized carbons (Fsp3) is 0.0500. The summed E-state index contributed by atoms with van der Waals surface area (Å²) in [6.45, 7) is 1.34. The van der Waals surface area contributed by atoms with Crippen molar-refractivity contribution in [2.24, 2.45) is 0 Å². The number of nitrogens with one attached hydrogen (secondary N) is 1. The van der Waals surface area contributed by atoms with Crippen LogP contribution in [0.3, 0.4) is 0 Å². The van der Waals surface area contributed by atoms with Crippen LogP contribution in [0.4, 0.5) is 20.9 Å². The molecule has 3 rings (SSSR count). The van der Waals surface area contributed by atoms with E-state index in [0.717, 1.165) is 0 Å². The van der Waals surface area contributed by atoms with Crippen LogP contribution >= 0.6 is 22.9 Å². The number of halogens is 2. The molecule has 3 aromatic rings. The summed E-state index contributed by atoms with van der Waals surface area (Å²) in [5.41, 5.74) is 1.17. The standard InChI is InChI=1S/C20H15ClFN3O2S/c1-13(26)25(18-8-3-2-7-17(18)22)20-24-16(12-28-20)9-10-19(27)23-15-6-4-5-14(21)11-15/h2-12H,1H3,(H,23,27).